The van der Waals surface area contributed by atoms with Gasteiger partial charge in [0, 0.05) is 13.1 Å². The topological polar surface area (TPSA) is 66.8 Å². The Labute approximate surface area is 108 Å². The summed E-state index contributed by atoms with van der Waals surface area (Å²) in [7, 11) is 0. The highest BCUT2D eigenvalue weighted by atomic mass is 19.4. The zero-order chi connectivity index (χ0) is 14.7. The van der Waals surface area contributed by atoms with Crippen molar-refractivity contribution < 1.29 is 32.6 Å². The molecule has 0 aliphatic carbocycles. The predicted molar refractivity (Wildman–Crippen MR) is 58.6 cm³/mol. The first-order valence-corrected chi connectivity index (χ1v) is 5.92. The van der Waals surface area contributed by atoms with E-state index in [2.05, 4.69) is 4.74 Å². The van der Waals surface area contributed by atoms with Gasteiger partial charge in [0.1, 0.15) is 0 Å². The van der Waals surface area contributed by atoms with Crippen LogP contribution in [0.25, 0.3) is 0 Å². The summed E-state index contributed by atoms with van der Waals surface area (Å²) in [6.07, 6.45) is -4.46. The van der Waals surface area contributed by atoms with Crippen LogP contribution in [0.2, 0.25) is 0 Å². The monoisotopic (exact) mass is 283 g/mol. The number of hydrogen-bond acceptors (Lipinski definition) is 3. The molecular weight excluding hydrogens is 267 g/mol. The number of carboxylic acids is 1. The Kier molecular flexibility index (Phi) is 4.65. The second kappa shape index (κ2) is 5.66. The molecule has 19 heavy (non-hydrogen) atoms. The van der Waals surface area contributed by atoms with E-state index in [0.717, 1.165) is 4.90 Å². The Morgan fingerprint density at radius 2 is 2.05 bits per heavy atom. The Hall–Kier alpha value is -1.47. The van der Waals surface area contributed by atoms with Gasteiger partial charge in [0.15, 0.2) is 6.61 Å². The van der Waals surface area contributed by atoms with E-state index in [1.54, 1.807) is 0 Å². The lowest BCUT2D eigenvalue weighted by Crippen LogP contribution is -2.38. The molecule has 0 spiro atoms. The van der Waals surface area contributed by atoms with Crippen LogP contribution >= 0.6 is 0 Å². The third-order valence-corrected chi connectivity index (χ3v) is 3.15. The Balaban J connectivity index is 2.59. The quantitative estimate of drug-likeness (QED) is 0.859. The molecule has 1 saturated heterocycles. The van der Waals surface area contributed by atoms with E-state index in [9.17, 15) is 27.9 Å². The molecule has 0 aromatic carbocycles. The minimum Gasteiger partial charge on any atom is -0.481 e. The fourth-order valence-corrected chi connectivity index (χ4v) is 2.23. The molecule has 1 unspecified atom stereocenters. The molecule has 1 rings (SSSR count). The van der Waals surface area contributed by atoms with Gasteiger partial charge in [-0.05, 0) is 12.8 Å². The van der Waals surface area contributed by atoms with Gasteiger partial charge in [0.25, 0.3) is 0 Å². The minimum atomic E-state index is -4.58. The van der Waals surface area contributed by atoms with E-state index in [1.165, 1.54) is 0 Å². The first-order chi connectivity index (χ1) is 8.70. The number of likely N-dealkylation sites (tertiary alicyclic amines) is 1. The van der Waals surface area contributed by atoms with E-state index in [1.807, 2.05) is 6.92 Å². The van der Waals surface area contributed by atoms with Crippen LogP contribution in [0.4, 0.5) is 18.0 Å². The van der Waals surface area contributed by atoms with Crippen molar-refractivity contribution >= 4 is 12.1 Å². The molecule has 5 nitrogen and oxygen atoms in total. The van der Waals surface area contributed by atoms with Gasteiger partial charge in [-0.1, -0.05) is 13.3 Å². The van der Waals surface area contributed by atoms with E-state index in [-0.39, 0.29) is 19.5 Å². The van der Waals surface area contributed by atoms with E-state index in [0.29, 0.717) is 12.8 Å². The molecule has 1 aliphatic heterocycles. The summed E-state index contributed by atoms with van der Waals surface area (Å²) in [6, 6.07) is 0. The summed E-state index contributed by atoms with van der Waals surface area (Å²) in [5, 5.41) is 9.19. The van der Waals surface area contributed by atoms with Crippen LogP contribution in [0.3, 0.4) is 0 Å². The molecule has 0 aromatic heterocycles. The van der Waals surface area contributed by atoms with Gasteiger partial charge in [-0.3, -0.25) is 4.79 Å². The second-order valence-electron chi connectivity index (χ2n) is 4.68. The molecule has 1 heterocycles. The third-order valence-electron chi connectivity index (χ3n) is 3.15. The minimum absolute atomic E-state index is 0.100. The molecule has 0 aromatic rings. The number of alkyl halides is 3. The molecule has 0 bridgehead atoms. The van der Waals surface area contributed by atoms with Gasteiger partial charge in [-0.2, -0.15) is 13.2 Å². The normalized spacial score (nSPS) is 23.5. The van der Waals surface area contributed by atoms with E-state index in [4.69, 9.17) is 0 Å². The standard InChI is InChI=1S/C11H16F3NO4/c1-2-3-10(8(16)17)4-5-15(6-10)9(18)19-7-11(12,13)14/h2-7H2,1H3,(H,16,17). The average Bonchev–Trinajstić information content (AvgIpc) is 2.71. The number of rotatable bonds is 4. The first-order valence-electron chi connectivity index (χ1n) is 5.92. The number of carbonyl (C=O) groups excluding carboxylic acids is 1. The number of carbonyl (C=O) groups is 2. The molecule has 8 heteroatoms. The molecular formula is C11H16F3NO4. The van der Waals surface area contributed by atoms with Crippen molar-refractivity contribution in [3.05, 3.63) is 0 Å². The summed E-state index contributed by atoms with van der Waals surface area (Å²) in [6.45, 7) is 0.154. The molecule has 0 radical (unpaired) electrons. The Bertz CT molecular complexity index is 358. The number of carboxylic acid groups (broad SMARTS) is 1. The molecule has 1 atom stereocenters. The number of hydrogen-bond donors (Lipinski definition) is 1. The lowest BCUT2D eigenvalue weighted by molar-refractivity contribution is -0.162. The van der Waals surface area contributed by atoms with Crippen LogP contribution in [0, 0.1) is 5.41 Å². The number of amides is 1. The maximum atomic E-state index is 11.9. The number of ether oxygens (including phenoxy) is 1. The summed E-state index contributed by atoms with van der Waals surface area (Å²) < 4.78 is 39.9. The van der Waals surface area contributed by atoms with Crippen molar-refractivity contribution in [3.8, 4) is 0 Å². The van der Waals surface area contributed by atoms with E-state index < -0.39 is 30.3 Å². The van der Waals surface area contributed by atoms with Crippen molar-refractivity contribution in [2.75, 3.05) is 19.7 Å². The van der Waals surface area contributed by atoms with Crippen molar-refractivity contribution in [3.63, 3.8) is 0 Å². The maximum Gasteiger partial charge on any atom is 0.422 e. The fraction of sp³-hybridized carbons (Fsp3) is 0.818. The van der Waals surface area contributed by atoms with Gasteiger partial charge in [-0.15, -0.1) is 0 Å². The lowest BCUT2D eigenvalue weighted by Gasteiger charge is -2.24. The second-order valence-corrected chi connectivity index (χ2v) is 4.68. The highest BCUT2D eigenvalue weighted by molar-refractivity contribution is 5.77. The zero-order valence-electron chi connectivity index (χ0n) is 10.5. The van der Waals surface area contributed by atoms with Crippen LogP contribution in [-0.2, 0) is 9.53 Å². The van der Waals surface area contributed by atoms with Crippen molar-refractivity contribution in [2.45, 2.75) is 32.4 Å². The highest BCUT2D eigenvalue weighted by Crippen LogP contribution is 2.35. The molecule has 1 fully saturated rings. The van der Waals surface area contributed by atoms with Crippen LogP contribution in [-0.4, -0.2) is 47.9 Å². The average molecular weight is 283 g/mol. The number of aliphatic carboxylic acids is 1. The number of nitrogens with zero attached hydrogens (tertiary/aromatic N) is 1. The molecule has 1 N–H and O–H groups in total. The van der Waals surface area contributed by atoms with Gasteiger partial charge in [0.2, 0.25) is 0 Å². The van der Waals surface area contributed by atoms with Gasteiger partial charge in [0.05, 0.1) is 5.41 Å². The Morgan fingerprint density at radius 3 is 2.53 bits per heavy atom. The molecule has 110 valence electrons. The van der Waals surface area contributed by atoms with Crippen molar-refractivity contribution in [2.24, 2.45) is 5.41 Å². The molecule has 0 saturated carbocycles. The summed E-state index contributed by atoms with van der Waals surface area (Å²) >= 11 is 0. The summed E-state index contributed by atoms with van der Waals surface area (Å²) in [5.74, 6) is -1.03. The summed E-state index contributed by atoms with van der Waals surface area (Å²) in [5.41, 5.74) is -1.06. The summed E-state index contributed by atoms with van der Waals surface area (Å²) in [4.78, 5) is 23.7. The smallest absolute Gasteiger partial charge is 0.422 e. The van der Waals surface area contributed by atoms with Gasteiger partial charge >= 0.3 is 18.2 Å². The SMILES string of the molecule is CCCC1(C(=O)O)CCN(C(=O)OCC(F)(F)F)C1. The van der Waals surface area contributed by atoms with Crippen molar-refractivity contribution in [1.82, 2.24) is 4.90 Å². The van der Waals surface area contributed by atoms with Crippen LogP contribution in [0.1, 0.15) is 26.2 Å². The van der Waals surface area contributed by atoms with Crippen LogP contribution < -0.4 is 0 Å². The third kappa shape index (κ3) is 4.00. The number of halogens is 3. The van der Waals surface area contributed by atoms with Crippen LogP contribution in [0.5, 0.6) is 0 Å². The largest absolute Gasteiger partial charge is 0.481 e. The van der Waals surface area contributed by atoms with Gasteiger partial charge in [-0.25, -0.2) is 4.79 Å². The van der Waals surface area contributed by atoms with Crippen LogP contribution in [0.15, 0.2) is 0 Å². The highest BCUT2D eigenvalue weighted by Gasteiger charge is 2.46. The molecule has 1 aliphatic rings. The zero-order valence-corrected chi connectivity index (χ0v) is 10.5. The van der Waals surface area contributed by atoms with Gasteiger partial charge < -0.3 is 14.7 Å². The fourth-order valence-electron chi connectivity index (χ4n) is 2.23. The van der Waals surface area contributed by atoms with Crippen molar-refractivity contribution in [1.29, 1.82) is 0 Å². The predicted octanol–water partition coefficient (Wildman–Crippen LogP) is 2.26. The maximum absolute atomic E-state index is 11.9. The first kappa shape index (κ1) is 15.6. The lowest BCUT2D eigenvalue weighted by atomic mass is 9.83. The van der Waals surface area contributed by atoms with E-state index >= 15 is 0 Å². The Morgan fingerprint density at radius 1 is 1.42 bits per heavy atom. The molecule has 1 amide bonds.